The molecule has 0 aliphatic heterocycles. The maximum Gasteiger partial charge on any atom is 0.308 e. The zero-order chi connectivity index (χ0) is 40.5. The number of ether oxygens (including phenoxy) is 3. The lowest BCUT2D eigenvalue weighted by Gasteiger charge is -2.27. The van der Waals surface area contributed by atoms with E-state index in [2.05, 4.69) is 37.5 Å². The summed E-state index contributed by atoms with van der Waals surface area (Å²) in [4.78, 5) is 30.7. The number of esters is 2. The molecule has 0 saturated heterocycles. The Kier molecular flexibility index (Phi) is 41.4. The van der Waals surface area contributed by atoms with Gasteiger partial charge in [0.25, 0.3) is 0 Å². The molecule has 0 aliphatic carbocycles. The molecule has 55 heavy (non-hydrogen) atoms. The van der Waals surface area contributed by atoms with E-state index < -0.39 is 0 Å². The van der Waals surface area contributed by atoms with Crippen molar-refractivity contribution in [1.29, 1.82) is 0 Å². The second kappa shape index (κ2) is 42.4. The summed E-state index contributed by atoms with van der Waals surface area (Å²) in [5.41, 5.74) is 0. The van der Waals surface area contributed by atoms with Gasteiger partial charge in [-0.15, -0.1) is 0 Å². The Balaban J connectivity index is 4.76. The standard InChI is InChI=1S/C47H94N2O6/c1-6-10-14-22-32-44(30-12-8-3)46(51)54-42-28-20-17-24-34-48(37-38-49(39-40-50)36-26-16-19-27-41-53-5)35-25-18-21-29-43-55-47(52)45(31-13-9-4)33-23-15-11-7-2/h44-45,50H,6-43H2,1-5H3. The fourth-order valence-corrected chi connectivity index (χ4v) is 7.49. The second-order valence-electron chi connectivity index (χ2n) is 16.4. The molecule has 0 bridgehead atoms. The van der Waals surface area contributed by atoms with Gasteiger partial charge < -0.3 is 24.2 Å². The summed E-state index contributed by atoms with van der Waals surface area (Å²) in [5.74, 6) is 0.222. The Morgan fingerprint density at radius 2 is 0.764 bits per heavy atom. The Labute approximate surface area is 342 Å². The van der Waals surface area contributed by atoms with Crippen LogP contribution in [0.3, 0.4) is 0 Å². The molecule has 0 aromatic rings. The molecule has 2 unspecified atom stereocenters. The van der Waals surface area contributed by atoms with Crippen molar-refractivity contribution in [2.75, 3.05) is 72.8 Å². The van der Waals surface area contributed by atoms with Crippen LogP contribution >= 0.6 is 0 Å². The topological polar surface area (TPSA) is 88.5 Å². The van der Waals surface area contributed by atoms with E-state index in [0.717, 1.165) is 174 Å². The SMILES string of the molecule is CCCCCCC(CCCC)C(=O)OCCCCCCN(CCCCCCOC(=O)C(CCCC)CCCCCC)CCN(CCO)CCCCCCOC. The van der Waals surface area contributed by atoms with E-state index in [9.17, 15) is 14.7 Å². The molecule has 0 aromatic heterocycles. The first-order chi connectivity index (χ1) is 27.0. The van der Waals surface area contributed by atoms with Crippen molar-refractivity contribution >= 4 is 11.9 Å². The number of rotatable bonds is 44. The zero-order valence-electron chi connectivity index (χ0n) is 37.4. The van der Waals surface area contributed by atoms with Crippen LogP contribution in [0, 0.1) is 11.8 Å². The second-order valence-corrected chi connectivity index (χ2v) is 16.4. The number of hydrogen-bond donors (Lipinski definition) is 1. The number of carbonyl (C=O) groups is 2. The molecule has 0 saturated carbocycles. The van der Waals surface area contributed by atoms with Crippen LogP contribution < -0.4 is 0 Å². The average Bonchev–Trinajstić information content (AvgIpc) is 3.19. The van der Waals surface area contributed by atoms with Crippen molar-refractivity contribution in [3.05, 3.63) is 0 Å². The third kappa shape index (κ3) is 34.5. The van der Waals surface area contributed by atoms with Gasteiger partial charge in [-0.2, -0.15) is 0 Å². The lowest BCUT2D eigenvalue weighted by Crippen LogP contribution is -2.38. The summed E-state index contributed by atoms with van der Waals surface area (Å²) < 4.78 is 16.8. The molecule has 1 N–H and O–H groups in total. The van der Waals surface area contributed by atoms with Crippen LogP contribution in [-0.2, 0) is 23.8 Å². The fraction of sp³-hybridized carbons (Fsp3) is 0.957. The maximum atomic E-state index is 12.8. The zero-order valence-corrected chi connectivity index (χ0v) is 37.4. The van der Waals surface area contributed by atoms with Crippen molar-refractivity contribution in [2.45, 2.75) is 207 Å². The highest BCUT2D eigenvalue weighted by Gasteiger charge is 2.20. The van der Waals surface area contributed by atoms with E-state index in [0.29, 0.717) is 13.2 Å². The number of aliphatic hydroxyl groups is 1. The number of carbonyl (C=O) groups excluding carboxylic acids is 2. The fourth-order valence-electron chi connectivity index (χ4n) is 7.49. The smallest absolute Gasteiger partial charge is 0.308 e. The molecule has 8 heteroatoms. The van der Waals surface area contributed by atoms with Crippen molar-refractivity contribution in [3.8, 4) is 0 Å². The van der Waals surface area contributed by atoms with E-state index in [4.69, 9.17) is 14.2 Å². The van der Waals surface area contributed by atoms with E-state index in [1.54, 1.807) is 7.11 Å². The molecule has 0 spiro atoms. The molecule has 0 radical (unpaired) electrons. The van der Waals surface area contributed by atoms with Crippen molar-refractivity contribution in [3.63, 3.8) is 0 Å². The van der Waals surface area contributed by atoms with Gasteiger partial charge in [0, 0.05) is 33.4 Å². The van der Waals surface area contributed by atoms with E-state index in [-0.39, 0.29) is 30.4 Å². The highest BCUT2D eigenvalue weighted by Crippen LogP contribution is 2.21. The molecule has 2 atom stereocenters. The minimum absolute atomic E-state index is 0.0330. The van der Waals surface area contributed by atoms with E-state index in [1.165, 1.54) is 51.4 Å². The van der Waals surface area contributed by atoms with Gasteiger partial charge in [-0.25, -0.2) is 0 Å². The van der Waals surface area contributed by atoms with Crippen molar-refractivity contribution in [2.24, 2.45) is 11.8 Å². The first-order valence-corrected chi connectivity index (χ1v) is 23.8. The molecule has 0 amide bonds. The summed E-state index contributed by atoms with van der Waals surface area (Å²) in [6.07, 6.45) is 31.3. The molecule has 8 nitrogen and oxygen atoms in total. The van der Waals surface area contributed by atoms with Crippen molar-refractivity contribution < 1.29 is 28.9 Å². The number of aliphatic hydroxyl groups excluding tert-OH is 1. The molecule has 328 valence electrons. The summed E-state index contributed by atoms with van der Waals surface area (Å²) in [6, 6.07) is 0. The maximum absolute atomic E-state index is 12.8. The molecular weight excluding hydrogens is 689 g/mol. The summed E-state index contributed by atoms with van der Waals surface area (Å²) in [6.45, 7) is 16.9. The number of hydrogen-bond acceptors (Lipinski definition) is 8. The minimum atomic E-state index is 0.0330. The minimum Gasteiger partial charge on any atom is -0.465 e. The molecule has 0 rings (SSSR count). The van der Waals surface area contributed by atoms with Crippen LogP contribution in [0.1, 0.15) is 207 Å². The third-order valence-corrected chi connectivity index (χ3v) is 11.2. The largest absolute Gasteiger partial charge is 0.465 e. The summed E-state index contributed by atoms with van der Waals surface area (Å²) in [5, 5.41) is 9.75. The van der Waals surface area contributed by atoms with Crippen LogP contribution in [-0.4, -0.2) is 99.7 Å². The van der Waals surface area contributed by atoms with Crippen LogP contribution in [0.15, 0.2) is 0 Å². The van der Waals surface area contributed by atoms with Crippen LogP contribution in [0.25, 0.3) is 0 Å². The predicted octanol–water partition coefficient (Wildman–Crippen LogP) is 11.6. The first kappa shape index (κ1) is 53.8. The van der Waals surface area contributed by atoms with Crippen molar-refractivity contribution in [1.82, 2.24) is 9.80 Å². The van der Waals surface area contributed by atoms with Gasteiger partial charge in [0.15, 0.2) is 0 Å². The van der Waals surface area contributed by atoms with Gasteiger partial charge in [0.1, 0.15) is 0 Å². The number of nitrogens with zero attached hydrogens (tertiary/aromatic N) is 2. The number of methoxy groups -OCH3 is 1. The normalized spacial score (nSPS) is 12.8. The lowest BCUT2D eigenvalue weighted by atomic mass is 9.95. The van der Waals surface area contributed by atoms with Gasteiger partial charge >= 0.3 is 11.9 Å². The Hall–Kier alpha value is -1.22. The number of unbranched alkanes of at least 4 members (excludes halogenated alkanes) is 17. The quantitative estimate of drug-likeness (QED) is 0.0483. The van der Waals surface area contributed by atoms with Crippen LogP contribution in [0.4, 0.5) is 0 Å². The Bertz CT molecular complexity index is 764. The van der Waals surface area contributed by atoms with Gasteiger partial charge in [-0.1, -0.05) is 143 Å². The first-order valence-electron chi connectivity index (χ1n) is 23.8. The summed E-state index contributed by atoms with van der Waals surface area (Å²) >= 11 is 0. The van der Waals surface area contributed by atoms with Gasteiger partial charge in [0.2, 0.25) is 0 Å². The molecule has 0 aromatic carbocycles. The summed E-state index contributed by atoms with van der Waals surface area (Å²) in [7, 11) is 1.77. The Morgan fingerprint density at radius 3 is 1.15 bits per heavy atom. The van der Waals surface area contributed by atoms with Crippen LogP contribution in [0.5, 0.6) is 0 Å². The molecule has 0 aliphatic rings. The predicted molar refractivity (Wildman–Crippen MR) is 233 cm³/mol. The average molecular weight is 783 g/mol. The highest BCUT2D eigenvalue weighted by atomic mass is 16.5. The van der Waals surface area contributed by atoms with Gasteiger partial charge in [-0.05, 0) is 83.8 Å². The molecule has 0 fully saturated rings. The highest BCUT2D eigenvalue weighted by molar-refractivity contribution is 5.72. The Morgan fingerprint density at radius 1 is 0.418 bits per heavy atom. The molecular formula is C47H94N2O6. The van der Waals surface area contributed by atoms with E-state index >= 15 is 0 Å². The monoisotopic (exact) mass is 783 g/mol. The lowest BCUT2D eigenvalue weighted by molar-refractivity contribution is -0.150. The third-order valence-electron chi connectivity index (χ3n) is 11.2. The van der Waals surface area contributed by atoms with Crippen LogP contribution in [0.2, 0.25) is 0 Å². The van der Waals surface area contributed by atoms with Gasteiger partial charge in [0.05, 0.1) is 31.7 Å². The molecule has 0 heterocycles. The van der Waals surface area contributed by atoms with Gasteiger partial charge in [-0.3, -0.25) is 14.5 Å². The van der Waals surface area contributed by atoms with E-state index in [1.807, 2.05) is 0 Å².